The highest BCUT2D eigenvalue weighted by molar-refractivity contribution is 5.04. The lowest BCUT2D eigenvalue weighted by molar-refractivity contribution is 0.480. The Balaban J connectivity index is 2.26. The summed E-state index contributed by atoms with van der Waals surface area (Å²) in [5, 5.41) is 8.66. The zero-order chi connectivity index (χ0) is 12.3. The molecular formula is C13H24N4. The van der Waals surface area contributed by atoms with Crippen LogP contribution < -0.4 is 5.73 Å². The smallest absolute Gasteiger partial charge is 0.147 e. The molecule has 0 radical (unpaired) electrons. The Labute approximate surface area is 104 Å². The SMILES string of the molecule is CC(C)n1c(CN)nnc1C1CCCCCC1. The summed E-state index contributed by atoms with van der Waals surface area (Å²) in [6.45, 7) is 4.85. The average Bonchev–Trinajstić information content (AvgIpc) is 2.56. The van der Waals surface area contributed by atoms with Crippen molar-refractivity contribution in [3.63, 3.8) is 0 Å². The second-order valence-corrected chi connectivity index (χ2v) is 5.33. The second-order valence-electron chi connectivity index (χ2n) is 5.33. The van der Waals surface area contributed by atoms with E-state index in [0.29, 0.717) is 18.5 Å². The normalized spacial score (nSPS) is 18.6. The molecule has 17 heavy (non-hydrogen) atoms. The minimum absolute atomic E-state index is 0.404. The highest BCUT2D eigenvalue weighted by Crippen LogP contribution is 2.32. The Morgan fingerprint density at radius 1 is 1.18 bits per heavy atom. The summed E-state index contributed by atoms with van der Waals surface area (Å²) in [6, 6.07) is 0.404. The molecule has 2 rings (SSSR count). The summed E-state index contributed by atoms with van der Waals surface area (Å²) in [5.74, 6) is 2.69. The standard InChI is InChI=1S/C13H24N4/c1-10(2)17-12(9-14)15-16-13(17)11-7-5-3-4-6-8-11/h10-11H,3-9,14H2,1-2H3. The Kier molecular flexibility index (Phi) is 4.15. The highest BCUT2D eigenvalue weighted by atomic mass is 15.3. The topological polar surface area (TPSA) is 56.7 Å². The molecule has 0 unspecified atom stereocenters. The van der Waals surface area contributed by atoms with Gasteiger partial charge in [0, 0.05) is 12.0 Å². The second kappa shape index (κ2) is 5.63. The Bertz CT molecular complexity index is 348. The van der Waals surface area contributed by atoms with Gasteiger partial charge in [-0.05, 0) is 26.7 Å². The molecular weight excluding hydrogens is 212 g/mol. The van der Waals surface area contributed by atoms with Crippen molar-refractivity contribution in [1.29, 1.82) is 0 Å². The van der Waals surface area contributed by atoms with Crippen molar-refractivity contribution in [3.05, 3.63) is 11.6 Å². The molecule has 4 heteroatoms. The van der Waals surface area contributed by atoms with Gasteiger partial charge in [-0.3, -0.25) is 0 Å². The Morgan fingerprint density at radius 3 is 2.35 bits per heavy atom. The van der Waals surface area contributed by atoms with Crippen molar-refractivity contribution in [3.8, 4) is 0 Å². The molecule has 1 aliphatic carbocycles. The van der Waals surface area contributed by atoms with Crippen LogP contribution in [0.25, 0.3) is 0 Å². The van der Waals surface area contributed by atoms with Crippen molar-refractivity contribution in [1.82, 2.24) is 14.8 Å². The summed E-state index contributed by atoms with van der Waals surface area (Å²) in [6.07, 6.45) is 7.91. The molecule has 1 saturated carbocycles. The van der Waals surface area contributed by atoms with Crippen LogP contribution in [-0.2, 0) is 6.54 Å². The monoisotopic (exact) mass is 236 g/mol. The molecule has 96 valence electrons. The summed E-state index contributed by atoms with van der Waals surface area (Å²) < 4.78 is 2.25. The minimum atomic E-state index is 0.404. The van der Waals surface area contributed by atoms with Crippen LogP contribution in [0.15, 0.2) is 0 Å². The maximum Gasteiger partial charge on any atom is 0.147 e. The maximum atomic E-state index is 5.74. The van der Waals surface area contributed by atoms with Crippen LogP contribution in [0.2, 0.25) is 0 Å². The first kappa shape index (κ1) is 12.6. The lowest BCUT2D eigenvalue weighted by Gasteiger charge is -2.19. The molecule has 0 aliphatic heterocycles. The Hall–Kier alpha value is -0.900. The zero-order valence-corrected chi connectivity index (χ0v) is 11.0. The van der Waals surface area contributed by atoms with Crippen molar-refractivity contribution in [2.45, 2.75) is 70.9 Å². The highest BCUT2D eigenvalue weighted by Gasteiger charge is 2.23. The van der Waals surface area contributed by atoms with Gasteiger partial charge in [-0.15, -0.1) is 10.2 Å². The lowest BCUT2D eigenvalue weighted by atomic mass is 9.99. The fourth-order valence-electron chi connectivity index (χ4n) is 2.86. The first-order valence-electron chi connectivity index (χ1n) is 6.87. The number of nitrogens with zero attached hydrogens (tertiary/aromatic N) is 3. The predicted octanol–water partition coefficient (Wildman–Crippen LogP) is 2.76. The molecule has 0 bridgehead atoms. The van der Waals surface area contributed by atoms with Gasteiger partial charge in [0.2, 0.25) is 0 Å². The van der Waals surface area contributed by atoms with Crippen LogP contribution in [0.1, 0.15) is 76.0 Å². The van der Waals surface area contributed by atoms with Gasteiger partial charge >= 0.3 is 0 Å². The van der Waals surface area contributed by atoms with Gasteiger partial charge in [0.1, 0.15) is 11.6 Å². The van der Waals surface area contributed by atoms with Crippen LogP contribution >= 0.6 is 0 Å². The fraction of sp³-hybridized carbons (Fsp3) is 0.846. The van der Waals surface area contributed by atoms with Crippen molar-refractivity contribution in [2.24, 2.45) is 5.73 Å². The average molecular weight is 236 g/mol. The zero-order valence-electron chi connectivity index (χ0n) is 11.0. The summed E-state index contributed by atoms with van der Waals surface area (Å²) in [7, 11) is 0. The van der Waals surface area contributed by atoms with Gasteiger partial charge in [0.15, 0.2) is 0 Å². The summed E-state index contributed by atoms with van der Waals surface area (Å²) >= 11 is 0. The number of aromatic nitrogens is 3. The van der Waals surface area contributed by atoms with Crippen LogP contribution in [-0.4, -0.2) is 14.8 Å². The number of nitrogens with two attached hydrogens (primary N) is 1. The molecule has 1 aromatic heterocycles. The van der Waals surface area contributed by atoms with E-state index in [-0.39, 0.29) is 0 Å². The molecule has 4 nitrogen and oxygen atoms in total. The fourth-order valence-corrected chi connectivity index (χ4v) is 2.86. The van der Waals surface area contributed by atoms with E-state index in [1.165, 1.54) is 44.3 Å². The number of hydrogen-bond acceptors (Lipinski definition) is 3. The van der Waals surface area contributed by atoms with Gasteiger partial charge < -0.3 is 10.3 Å². The van der Waals surface area contributed by atoms with Crippen LogP contribution in [0.3, 0.4) is 0 Å². The van der Waals surface area contributed by atoms with E-state index in [2.05, 4.69) is 28.6 Å². The molecule has 0 amide bonds. The molecule has 0 saturated heterocycles. The Morgan fingerprint density at radius 2 is 1.82 bits per heavy atom. The van der Waals surface area contributed by atoms with Gasteiger partial charge in [0.25, 0.3) is 0 Å². The molecule has 1 aromatic rings. The third kappa shape index (κ3) is 2.68. The van der Waals surface area contributed by atoms with E-state index in [1.807, 2.05) is 0 Å². The van der Waals surface area contributed by atoms with E-state index in [0.717, 1.165) is 5.82 Å². The van der Waals surface area contributed by atoms with E-state index >= 15 is 0 Å². The third-order valence-electron chi connectivity index (χ3n) is 3.71. The van der Waals surface area contributed by atoms with Crippen molar-refractivity contribution < 1.29 is 0 Å². The van der Waals surface area contributed by atoms with Gasteiger partial charge in [-0.2, -0.15) is 0 Å². The molecule has 0 atom stereocenters. The first-order chi connectivity index (χ1) is 8.24. The molecule has 1 aliphatic rings. The van der Waals surface area contributed by atoms with E-state index in [9.17, 15) is 0 Å². The predicted molar refractivity (Wildman–Crippen MR) is 68.7 cm³/mol. The minimum Gasteiger partial charge on any atom is -0.324 e. The largest absolute Gasteiger partial charge is 0.324 e. The molecule has 0 spiro atoms. The van der Waals surface area contributed by atoms with Gasteiger partial charge in [0.05, 0.1) is 6.54 Å². The number of rotatable bonds is 3. The molecule has 1 fully saturated rings. The van der Waals surface area contributed by atoms with Crippen LogP contribution in [0.5, 0.6) is 0 Å². The molecule has 0 aromatic carbocycles. The lowest BCUT2D eigenvalue weighted by Crippen LogP contribution is -2.15. The first-order valence-corrected chi connectivity index (χ1v) is 6.87. The van der Waals surface area contributed by atoms with Gasteiger partial charge in [-0.1, -0.05) is 25.7 Å². The van der Waals surface area contributed by atoms with Crippen molar-refractivity contribution in [2.75, 3.05) is 0 Å². The third-order valence-corrected chi connectivity index (χ3v) is 3.71. The summed E-state index contributed by atoms with van der Waals surface area (Å²) in [5.41, 5.74) is 5.74. The van der Waals surface area contributed by atoms with Crippen molar-refractivity contribution >= 4 is 0 Å². The van der Waals surface area contributed by atoms with Crippen LogP contribution in [0.4, 0.5) is 0 Å². The number of hydrogen-bond donors (Lipinski definition) is 1. The van der Waals surface area contributed by atoms with Gasteiger partial charge in [-0.25, -0.2) is 0 Å². The quantitative estimate of drug-likeness (QED) is 0.821. The molecule has 1 heterocycles. The van der Waals surface area contributed by atoms with E-state index in [4.69, 9.17) is 5.73 Å². The maximum absolute atomic E-state index is 5.74. The summed E-state index contributed by atoms with van der Waals surface area (Å²) in [4.78, 5) is 0. The van der Waals surface area contributed by atoms with Crippen LogP contribution in [0, 0.1) is 0 Å². The van der Waals surface area contributed by atoms with E-state index in [1.54, 1.807) is 0 Å². The molecule has 2 N–H and O–H groups in total. The van der Waals surface area contributed by atoms with E-state index < -0.39 is 0 Å².